The normalized spacial score (nSPS) is 17.3. The largest absolute Gasteiger partial charge is 0.507 e. The summed E-state index contributed by atoms with van der Waals surface area (Å²) in [7, 11) is 1.56. The number of nitrogens with zero attached hydrogens (tertiary/aromatic N) is 1. The molecule has 0 radical (unpaired) electrons. The molecule has 4 rings (SSSR count). The Morgan fingerprint density at radius 3 is 2.38 bits per heavy atom. The topological polar surface area (TPSA) is 76.1 Å². The summed E-state index contributed by atoms with van der Waals surface area (Å²) in [6.45, 7) is 3.99. The Balaban J connectivity index is 1.87. The fraction of sp³-hybridized carbons (Fsp3) is 0.214. The molecular formula is C28H27NO5. The van der Waals surface area contributed by atoms with Crippen LogP contribution in [0.5, 0.6) is 11.5 Å². The van der Waals surface area contributed by atoms with Gasteiger partial charge in [0.1, 0.15) is 17.3 Å². The second-order valence-corrected chi connectivity index (χ2v) is 8.34. The molecule has 0 aliphatic carbocycles. The Hall–Kier alpha value is -4.06. The summed E-state index contributed by atoms with van der Waals surface area (Å²) in [6, 6.07) is 22.6. The summed E-state index contributed by atoms with van der Waals surface area (Å²) in [5.74, 6) is -0.375. The smallest absolute Gasteiger partial charge is 0.295 e. The Morgan fingerprint density at radius 1 is 0.971 bits per heavy atom. The molecule has 1 fully saturated rings. The van der Waals surface area contributed by atoms with Gasteiger partial charge in [-0.2, -0.15) is 0 Å². The number of para-hydroxylation sites is 1. The molecule has 34 heavy (non-hydrogen) atoms. The summed E-state index contributed by atoms with van der Waals surface area (Å²) in [6.07, 6.45) is -0.0421. The van der Waals surface area contributed by atoms with Crippen molar-refractivity contribution in [2.75, 3.05) is 7.11 Å². The molecule has 1 atom stereocenters. The summed E-state index contributed by atoms with van der Waals surface area (Å²) in [4.78, 5) is 28.0. The van der Waals surface area contributed by atoms with Crippen molar-refractivity contribution in [2.45, 2.75) is 32.5 Å². The molecular weight excluding hydrogens is 430 g/mol. The SMILES string of the molecule is COc1ccccc1CN1C(=O)C(=O)/C(=C(\O)c2ccccc2)C1c1cccc(OC(C)C)c1. The first-order chi connectivity index (χ1) is 16.4. The zero-order valence-electron chi connectivity index (χ0n) is 19.4. The van der Waals surface area contributed by atoms with Crippen molar-refractivity contribution in [3.8, 4) is 11.5 Å². The van der Waals surface area contributed by atoms with Crippen molar-refractivity contribution in [3.05, 3.63) is 101 Å². The monoisotopic (exact) mass is 457 g/mol. The van der Waals surface area contributed by atoms with E-state index in [9.17, 15) is 14.7 Å². The number of benzene rings is 3. The molecule has 0 spiro atoms. The van der Waals surface area contributed by atoms with Crippen LogP contribution in [0.15, 0.2) is 84.4 Å². The van der Waals surface area contributed by atoms with Gasteiger partial charge < -0.3 is 19.5 Å². The maximum atomic E-state index is 13.3. The first kappa shape index (κ1) is 23.1. The first-order valence-electron chi connectivity index (χ1n) is 11.1. The highest BCUT2D eigenvalue weighted by molar-refractivity contribution is 6.46. The maximum Gasteiger partial charge on any atom is 0.295 e. The van der Waals surface area contributed by atoms with Gasteiger partial charge in [0.25, 0.3) is 11.7 Å². The van der Waals surface area contributed by atoms with E-state index in [0.29, 0.717) is 22.6 Å². The lowest BCUT2D eigenvalue weighted by molar-refractivity contribution is -0.140. The third-order valence-electron chi connectivity index (χ3n) is 5.67. The van der Waals surface area contributed by atoms with Crippen LogP contribution in [0.2, 0.25) is 0 Å². The molecule has 1 N–H and O–H groups in total. The Bertz CT molecular complexity index is 1230. The highest BCUT2D eigenvalue weighted by Crippen LogP contribution is 2.41. The average molecular weight is 458 g/mol. The quantitative estimate of drug-likeness (QED) is 0.303. The number of aliphatic hydroxyl groups is 1. The van der Waals surface area contributed by atoms with Crippen LogP contribution >= 0.6 is 0 Å². The molecule has 1 unspecified atom stereocenters. The highest BCUT2D eigenvalue weighted by Gasteiger charge is 2.46. The molecule has 6 heteroatoms. The number of Topliss-reactive ketones (excluding diaryl/α,β-unsaturated/α-hetero) is 1. The van der Waals surface area contributed by atoms with Crippen LogP contribution in [-0.2, 0) is 16.1 Å². The minimum atomic E-state index is -0.791. The van der Waals surface area contributed by atoms with E-state index < -0.39 is 17.7 Å². The number of ketones is 1. The number of aliphatic hydroxyl groups excluding tert-OH is 1. The van der Waals surface area contributed by atoms with Gasteiger partial charge in [0.05, 0.1) is 31.4 Å². The van der Waals surface area contributed by atoms with Crippen molar-refractivity contribution in [1.29, 1.82) is 0 Å². The fourth-order valence-corrected chi connectivity index (χ4v) is 4.19. The van der Waals surface area contributed by atoms with Crippen molar-refractivity contribution < 1.29 is 24.2 Å². The molecule has 0 bridgehead atoms. The van der Waals surface area contributed by atoms with E-state index in [0.717, 1.165) is 5.56 Å². The number of methoxy groups -OCH3 is 1. The number of carbonyl (C=O) groups excluding carboxylic acids is 2. The molecule has 1 amide bonds. The highest BCUT2D eigenvalue weighted by atomic mass is 16.5. The molecule has 1 saturated heterocycles. The lowest BCUT2D eigenvalue weighted by Gasteiger charge is -2.26. The molecule has 6 nitrogen and oxygen atoms in total. The predicted octanol–water partition coefficient (Wildman–Crippen LogP) is 5.10. The molecule has 0 aromatic heterocycles. The predicted molar refractivity (Wildman–Crippen MR) is 129 cm³/mol. The van der Waals surface area contributed by atoms with E-state index in [-0.39, 0.29) is 24.0 Å². The van der Waals surface area contributed by atoms with Crippen LogP contribution in [0, 0.1) is 0 Å². The summed E-state index contributed by atoms with van der Waals surface area (Å²) in [5, 5.41) is 11.2. The lowest BCUT2D eigenvalue weighted by Crippen LogP contribution is -2.29. The zero-order valence-corrected chi connectivity index (χ0v) is 19.4. The minimum Gasteiger partial charge on any atom is -0.507 e. The van der Waals surface area contributed by atoms with Gasteiger partial charge in [-0.15, -0.1) is 0 Å². The van der Waals surface area contributed by atoms with Crippen LogP contribution in [-0.4, -0.2) is 34.9 Å². The third-order valence-corrected chi connectivity index (χ3v) is 5.67. The summed E-state index contributed by atoms with van der Waals surface area (Å²) < 4.78 is 11.3. The standard InChI is InChI=1S/C28H27NO5/c1-18(2)34-22-14-9-13-20(16-22)25-24(26(30)19-10-5-4-6-11-19)27(31)28(32)29(25)17-21-12-7-8-15-23(21)33-3/h4-16,18,25,30H,17H2,1-3H3/b26-24-. The van der Waals surface area contributed by atoms with Crippen molar-refractivity contribution in [3.63, 3.8) is 0 Å². The zero-order chi connectivity index (χ0) is 24.2. The van der Waals surface area contributed by atoms with Crippen LogP contribution in [0.1, 0.15) is 36.6 Å². The number of hydrogen-bond donors (Lipinski definition) is 1. The van der Waals surface area contributed by atoms with Gasteiger partial charge in [-0.1, -0.05) is 60.7 Å². The number of hydrogen-bond acceptors (Lipinski definition) is 5. The number of ether oxygens (including phenoxy) is 2. The van der Waals surface area contributed by atoms with E-state index in [1.807, 2.05) is 68.4 Å². The van der Waals surface area contributed by atoms with E-state index in [4.69, 9.17) is 9.47 Å². The van der Waals surface area contributed by atoms with Crippen LogP contribution in [0.4, 0.5) is 0 Å². The second-order valence-electron chi connectivity index (χ2n) is 8.34. The van der Waals surface area contributed by atoms with Gasteiger partial charge in [-0.05, 0) is 37.6 Å². The molecule has 1 heterocycles. The fourth-order valence-electron chi connectivity index (χ4n) is 4.19. The van der Waals surface area contributed by atoms with Gasteiger partial charge in [0.15, 0.2) is 0 Å². The number of rotatable bonds is 7. The van der Waals surface area contributed by atoms with Crippen LogP contribution < -0.4 is 9.47 Å². The van der Waals surface area contributed by atoms with Gasteiger partial charge in [-0.3, -0.25) is 9.59 Å². The van der Waals surface area contributed by atoms with Gasteiger partial charge >= 0.3 is 0 Å². The number of likely N-dealkylation sites (tertiary alicyclic amines) is 1. The molecule has 3 aromatic rings. The maximum absolute atomic E-state index is 13.3. The summed E-state index contributed by atoms with van der Waals surface area (Å²) in [5.41, 5.74) is 1.95. The van der Waals surface area contributed by atoms with Crippen LogP contribution in [0.3, 0.4) is 0 Å². The molecule has 0 saturated carbocycles. The van der Waals surface area contributed by atoms with Crippen molar-refractivity contribution >= 4 is 17.4 Å². The van der Waals surface area contributed by atoms with E-state index >= 15 is 0 Å². The van der Waals surface area contributed by atoms with Gasteiger partial charge in [0.2, 0.25) is 0 Å². The Kier molecular flexibility index (Phi) is 6.68. The third kappa shape index (κ3) is 4.53. The molecule has 1 aliphatic rings. The first-order valence-corrected chi connectivity index (χ1v) is 11.1. The lowest BCUT2D eigenvalue weighted by atomic mass is 9.95. The van der Waals surface area contributed by atoms with E-state index in [1.54, 1.807) is 31.4 Å². The molecule has 174 valence electrons. The average Bonchev–Trinajstić information content (AvgIpc) is 3.09. The Morgan fingerprint density at radius 2 is 1.68 bits per heavy atom. The Labute approximate surface area is 199 Å². The van der Waals surface area contributed by atoms with Crippen LogP contribution in [0.25, 0.3) is 5.76 Å². The van der Waals surface area contributed by atoms with Gasteiger partial charge in [-0.25, -0.2) is 0 Å². The molecule has 1 aliphatic heterocycles. The summed E-state index contributed by atoms with van der Waals surface area (Å²) >= 11 is 0. The second kappa shape index (κ2) is 9.83. The minimum absolute atomic E-state index is 0.0421. The number of amides is 1. The van der Waals surface area contributed by atoms with Gasteiger partial charge in [0, 0.05) is 11.1 Å². The number of carbonyl (C=O) groups is 2. The van der Waals surface area contributed by atoms with Crippen molar-refractivity contribution in [1.82, 2.24) is 4.90 Å². The van der Waals surface area contributed by atoms with E-state index in [1.165, 1.54) is 4.90 Å². The van der Waals surface area contributed by atoms with E-state index in [2.05, 4.69) is 0 Å². The van der Waals surface area contributed by atoms with Crippen molar-refractivity contribution in [2.24, 2.45) is 0 Å². The molecule has 3 aromatic carbocycles.